The number of aromatic nitrogens is 2. The van der Waals surface area contributed by atoms with Crippen LogP contribution in [0.15, 0.2) is 25.2 Å². The van der Waals surface area contributed by atoms with Gasteiger partial charge in [0, 0.05) is 18.4 Å². The van der Waals surface area contributed by atoms with Crippen LogP contribution in [-0.4, -0.2) is 27.8 Å². The average Bonchev–Trinajstić information content (AvgIpc) is 2.64. The lowest BCUT2D eigenvalue weighted by Gasteiger charge is -2.27. The maximum atomic E-state index is 13.4. The highest BCUT2D eigenvalue weighted by Gasteiger charge is 2.36. The minimum atomic E-state index is -4.35. The number of hydrogen-bond acceptors (Lipinski definition) is 6. The van der Waals surface area contributed by atoms with Crippen molar-refractivity contribution in [2.24, 2.45) is 11.1 Å². The zero-order valence-corrected chi connectivity index (χ0v) is 16.5. The third-order valence-electron chi connectivity index (χ3n) is 5.12. The summed E-state index contributed by atoms with van der Waals surface area (Å²) in [6, 6.07) is 0.571. The molecule has 7 nitrogen and oxygen atoms in total. The molecule has 0 unspecified atom stereocenters. The molecule has 0 amide bonds. The maximum Gasteiger partial charge on any atom is 0.389 e. The van der Waals surface area contributed by atoms with Crippen molar-refractivity contribution < 1.29 is 31.2 Å². The van der Waals surface area contributed by atoms with Crippen molar-refractivity contribution in [3.05, 3.63) is 32.4 Å². The summed E-state index contributed by atoms with van der Waals surface area (Å²) in [6.07, 6.45) is -4.83. The molecule has 1 fully saturated rings. The van der Waals surface area contributed by atoms with E-state index in [2.05, 4.69) is 15.1 Å². The highest BCUT2D eigenvalue weighted by atomic mass is 19.4. The van der Waals surface area contributed by atoms with E-state index >= 15 is 0 Å². The summed E-state index contributed by atoms with van der Waals surface area (Å²) in [6.45, 7) is 0.880. The first-order valence-electron chi connectivity index (χ1n) is 9.67. The third kappa shape index (κ3) is 6.11. The van der Waals surface area contributed by atoms with Crippen LogP contribution in [0.25, 0.3) is 11.1 Å². The van der Waals surface area contributed by atoms with Crippen LogP contribution in [0, 0.1) is 5.92 Å². The van der Waals surface area contributed by atoms with Crippen LogP contribution in [0.3, 0.4) is 0 Å². The molecule has 1 N–H and O–H groups in total. The smallest absolute Gasteiger partial charge is 0.389 e. The molecule has 0 saturated heterocycles. The number of halogens is 5. The fourth-order valence-electron chi connectivity index (χ4n) is 3.51. The SMILES string of the molecule is CC(F)(F)C1CCC(=NOc2nc3oc(=O)cc(CCCC(F)(F)F)c3c(=O)[nH]2)CC1. The van der Waals surface area contributed by atoms with Crippen molar-refractivity contribution in [3.8, 4) is 6.01 Å². The van der Waals surface area contributed by atoms with Crippen molar-refractivity contribution in [1.82, 2.24) is 9.97 Å². The van der Waals surface area contributed by atoms with Crippen LogP contribution >= 0.6 is 0 Å². The number of alkyl halides is 5. The van der Waals surface area contributed by atoms with Gasteiger partial charge in [0.05, 0.1) is 5.71 Å². The van der Waals surface area contributed by atoms with Gasteiger partial charge in [0.1, 0.15) is 5.39 Å². The van der Waals surface area contributed by atoms with Crippen LogP contribution in [0.1, 0.15) is 51.0 Å². The van der Waals surface area contributed by atoms with Crippen LogP contribution in [0.4, 0.5) is 22.0 Å². The normalized spacial score (nSPS) is 17.7. The van der Waals surface area contributed by atoms with E-state index in [-0.39, 0.29) is 48.4 Å². The zero-order valence-electron chi connectivity index (χ0n) is 16.5. The van der Waals surface area contributed by atoms with Crippen molar-refractivity contribution in [1.29, 1.82) is 0 Å². The topological polar surface area (TPSA) is 97.5 Å². The molecule has 1 saturated carbocycles. The number of hydrogen-bond donors (Lipinski definition) is 1. The summed E-state index contributed by atoms with van der Waals surface area (Å²) in [5.41, 5.74) is -1.42. The predicted molar refractivity (Wildman–Crippen MR) is 101 cm³/mol. The largest absolute Gasteiger partial charge is 0.403 e. The minimum Gasteiger partial charge on any atom is -0.403 e. The number of nitrogens with one attached hydrogen (secondary N) is 1. The number of aryl methyl sites for hydroxylation is 1. The van der Waals surface area contributed by atoms with Gasteiger partial charge >= 0.3 is 17.8 Å². The molecule has 2 aromatic heterocycles. The van der Waals surface area contributed by atoms with Gasteiger partial charge in [-0.15, -0.1) is 0 Å². The Kier molecular flexibility index (Phi) is 6.46. The van der Waals surface area contributed by atoms with Crippen molar-refractivity contribution in [2.75, 3.05) is 0 Å². The highest BCUT2D eigenvalue weighted by molar-refractivity contribution is 5.84. The number of H-pyrrole nitrogens is 1. The summed E-state index contributed by atoms with van der Waals surface area (Å²) in [4.78, 5) is 35.4. The van der Waals surface area contributed by atoms with Gasteiger partial charge in [-0.25, -0.2) is 13.6 Å². The Balaban J connectivity index is 1.77. The molecule has 2 heterocycles. The van der Waals surface area contributed by atoms with Crippen molar-refractivity contribution >= 4 is 16.8 Å². The van der Waals surface area contributed by atoms with Gasteiger partial charge in [0.2, 0.25) is 11.6 Å². The summed E-state index contributed by atoms with van der Waals surface area (Å²) in [5, 5.41) is 3.69. The summed E-state index contributed by atoms with van der Waals surface area (Å²) in [7, 11) is 0. The van der Waals surface area contributed by atoms with E-state index < -0.39 is 35.6 Å². The van der Waals surface area contributed by atoms with Crippen LogP contribution in [-0.2, 0) is 6.42 Å². The molecule has 3 rings (SSSR count). The van der Waals surface area contributed by atoms with Crippen molar-refractivity contribution in [2.45, 2.75) is 64.0 Å². The van der Waals surface area contributed by atoms with E-state index in [4.69, 9.17) is 9.25 Å². The fraction of sp³-hybridized carbons (Fsp3) is 0.579. The summed E-state index contributed by atoms with van der Waals surface area (Å²) < 4.78 is 68.8. The lowest BCUT2D eigenvalue weighted by Crippen LogP contribution is -2.29. The van der Waals surface area contributed by atoms with E-state index in [0.717, 1.165) is 13.0 Å². The molecule has 0 bridgehead atoms. The second-order valence-electron chi connectivity index (χ2n) is 7.59. The Labute approximate surface area is 172 Å². The number of fused-ring (bicyclic) bond motifs is 1. The van der Waals surface area contributed by atoms with E-state index in [1.165, 1.54) is 0 Å². The Hall–Kier alpha value is -2.79. The lowest BCUT2D eigenvalue weighted by molar-refractivity contribution is -0.135. The zero-order chi connectivity index (χ0) is 22.8. The molecule has 2 aromatic rings. The Bertz CT molecular complexity index is 1080. The number of rotatable bonds is 6. The molecule has 1 aliphatic rings. The van der Waals surface area contributed by atoms with E-state index in [1.807, 2.05) is 0 Å². The lowest BCUT2D eigenvalue weighted by atomic mass is 9.84. The summed E-state index contributed by atoms with van der Waals surface area (Å²) >= 11 is 0. The molecule has 0 radical (unpaired) electrons. The molecular weight excluding hydrogens is 429 g/mol. The first kappa shape index (κ1) is 22.9. The predicted octanol–water partition coefficient (Wildman–Crippen LogP) is 4.34. The van der Waals surface area contributed by atoms with Gasteiger partial charge in [-0.2, -0.15) is 18.2 Å². The van der Waals surface area contributed by atoms with E-state index in [0.29, 0.717) is 18.6 Å². The molecule has 0 atom stereocenters. The Morgan fingerprint density at radius 2 is 1.90 bits per heavy atom. The van der Waals surface area contributed by atoms with Gasteiger partial charge in [-0.1, -0.05) is 5.16 Å². The van der Waals surface area contributed by atoms with Gasteiger partial charge in [0.15, 0.2) is 0 Å². The minimum absolute atomic E-state index is 0.0842. The molecule has 1 aliphatic carbocycles. The first-order valence-corrected chi connectivity index (χ1v) is 9.67. The standard InChI is InChI=1S/C19H20F5N3O4/c1-18(20,21)11-4-6-12(7-5-11)27-31-17-25-15(29)14-10(3-2-8-19(22,23)24)9-13(28)30-16(14)26-17/h9,11H,2-8H2,1H3,(H,25,26,29). The third-order valence-corrected chi connectivity index (χ3v) is 5.12. The molecule has 0 spiro atoms. The Morgan fingerprint density at radius 3 is 2.52 bits per heavy atom. The second-order valence-corrected chi connectivity index (χ2v) is 7.59. The van der Waals surface area contributed by atoms with Gasteiger partial charge < -0.3 is 9.25 Å². The highest BCUT2D eigenvalue weighted by Crippen LogP contribution is 2.35. The van der Waals surface area contributed by atoms with Crippen LogP contribution in [0.2, 0.25) is 0 Å². The Morgan fingerprint density at radius 1 is 1.23 bits per heavy atom. The van der Waals surface area contributed by atoms with E-state index in [9.17, 15) is 31.5 Å². The molecule has 170 valence electrons. The van der Waals surface area contributed by atoms with Gasteiger partial charge in [-0.3, -0.25) is 9.78 Å². The number of nitrogens with zero attached hydrogens (tertiary/aromatic N) is 2. The monoisotopic (exact) mass is 449 g/mol. The van der Waals surface area contributed by atoms with Gasteiger partial charge in [0.25, 0.3) is 5.56 Å². The van der Waals surface area contributed by atoms with Crippen LogP contribution in [0.5, 0.6) is 6.01 Å². The first-order chi connectivity index (χ1) is 14.4. The average molecular weight is 449 g/mol. The molecule has 0 aromatic carbocycles. The molecule has 0 aliphatic heterocycles. The van der Waals surface area contributed by atoms with Crippen molar-refractivity contribution in [3.63, 3.8) is 0 Å². The molecular formula is C19H20F5N3O4. The summed E-state index contributed by atoms with van der Waals surface area (Å²) in [5.74, 6) is -3.51. The number of aromatic amines is 1. The molecule has 12 heteroatoms. The molecule has 31 heavy (non-hydrogen) atoms. The fourth-order valence-corrected chi connectivity index (χ4v) is 3.51. The quantitative estimate of drug-likeness (QED) is 0.523. The maximum absolute atomic E-state index is 13.4. The van der Waals surface area contributed by atoms with Gasteiger partial charge in [-0.05, 0) is 51.0 Å². The van der Waals surface area contributed by atoms with E-state index in [1.54, 1.807) is 0 Å². The second kappa shape index (κ2) is 8.75. The van der Waals surface area contributed by atoms with Crippen LogP contribution < -0.4 is 16.0 Å². The number of oxime groups is 1.